The van der Waals surface area contributed by atoms with Crippen LogP contribution in [-0.2, 0) is 0 Å². The summed E-state index contributed by atoms with van der Waals surface area (Å²) >= 11 is 0. The average Bonchev–Trinajstić information content (AvgIpc) is 2.77. The maximum Gasteiger partial charge on any atom is 0.162 e. The Kier molecular flexibility index (Phi) is 5.39. The van der Waals surface area contributed by atoms with E-state index < -0.39 is 0 Å². The van der Waals surface area contributed by atoms with Gasteiger partial charge < -0.3 is 19.5 Å². The van der Waals surface area contributed by atoms with Crippen LogP contribution in [0.4, 0.5) is 15.8 Å². The molecule has 0 amide bonds. The second-order valence-corrected chi connectivity index (χ2v) is 6.72. The van der Waals surface area contributed by atoms with Gasteiger partial charge in [-0.1, -0.05) is 12.1 Å². The second-order valence-electron chi connectivity index (χ2n) is 6.72. The van der Waals surface area contributed by atoms with Crippen molar-refractivity contribution in [1.82, 2.24) is 4.98 Å². The molecule has 1 aromatic heterocycles. The zero-order valence-corrected chi connectivity index (χ0v) is 16.9. The van der Waals surface area contributed by atoms with E-state index in [0.29, 0.717) is 28.7 Å². The van der Waals surface area contributed by atoms with Gasteiger partial charge in [-0.15, -0.1) is 0 Å². The van der Waals surface area contributed by atoms with Crippen LogP contribution in [0.2, 0.25) is 0 Å². The number of aryl methyl sites for hydroxylation is 1. The first-order chi connectivity index (χ1) is 14.6. The monoisotopic (exact) mass is 404 g/mol. The minimum Gasteiger partial charge on any atom is -0.493 e. The van der Waals surface area contributed by atoms with Crippen LogP contribution < -0.4 is 19.5 Å². The third-order valence-corrected chi connectivity index (χ3v) is 4.78. The number of methoxy groups -OCH3 is 2. The summed E-state index contributed by atoms with van der Waals surface area (Å²) in [6.45, 7) is 1.86. The molecule has 0 fully saturated rings. The fourth-order valence-corrected chi connectivity index (χ4v) is 3.20. The van der Waals surface area contributed by atoms with E-state index in [0.717, 1.165) is 22.2 Å². The van der Waals surface area contributed by atoms with E-state index in [1.807, 2.05) is 49.4 Å². The van der Waals surface area contributed by atoms with Gasteiger partial charge in [0.05, 0.1) is 25.4 Å². The maximum atomic E-state index is 14.1. The molecular weight excluding hydrogens is 383 g/mol. The largest absolute Gasteiger partial charge is 0.493 e. The Morgan fingerprint density at radius 1 is 0.867 bits per heavy atom. The van der Waals surface area contributed by atoms with Gasteiger partial charge >= 0.3 is 0 Å². The predicted octanol–water partition coefficient (Wildman–Crippen LogP) is 6.24. The molecule has 5 nitrogen and oxygen atoms in total. The number of para-hydroxylation sites is 1. The maximum absolute atomic E-state index is 14.1. The van der Waals surface area contributed by atoms with Gasteiger partial charge in [-0.25, -0.2) is 4.39 Å². The van der Waals surface area contributed by atoms with Gasteiger partial charge in [-0.05, 0) is 55.0 Å². The van der Waals surface area contributed by atoms with Crippen LogP contribution in [0.3, 0.4) is 0 Å². The topological polar surface area (TPSA) is 52.6 Å². The number of rotatable bonds is 6. The lowest BCUT2D eigenvalue weighted by Gasteiger charge is -2.13. The van der Waals surface area contributed by atoms with Crippen LogP contribution in [0.1, 0.15) is 5.56 Å². The van der Waals surface area contributed by atoms with Crippen molar-refractivity contribution in [2.75, 3.05) is 19.5 Å². The molecular formula is C24H21FN2O3. The van der Waals surface area contributed by atoms with Crippen LogP contribution in [0, 0.1) is 12.7 Å². The molecule has 0 bridgehead atoms. The molecule has 3 aromatic carbocycles. The first kappa shape index (κ1) is 19.5. The fourth-order valence-electron chi connectivity index (χ4n) is 3.20. The van der Waals surface area contributed by atoms with Gasteiger partial charge in [0.15, 0.2) is 11.5 Å². The van der Waals surface area contributed by atoms with Crippen molar-refractivity contribution in [3.8, 4) is 23.0 Å². The minimum absolute atomic E-state index is 0.289. The highest BCUT2D eigenvalue weighted by atomic mass is 19.1. The third-order valence-electron chi connectivity index (χ3n) is 4.78. The van der Waals surface area contributed by atoms with Gasteiger partial charge in [-0.2, -0.15) is 0 Å². The molecule has 6 heteroatoms. The number of fused-ring (bicyclic) bond motifs is 1. The van der Waals surface area contributed by atoms with Gasteiger partial charge in [0.2, 0.25) is 0 Å². The van der Waals surface area contributed by atoms with Crippen LogP contribution >= 0.6 is 0 Å². The van der Waals surface area contributed by atoms with E-state index in [2.05, 4.69) is 10.3 Å². The zero-order chi connectivity index (χ0) is 21.1. The normalized spacial score (nSPS) is 10.7. The highest BCUT2D eigenvalue weighted by Crippen LogP contribution is 2.37. The van der Waals surface area contributed by atoms with Crippen molar-refractivity contribution >= 4 is 22.3 Å². The highest BCUT2D eigenvalue weighted by Gasteiger charge is 2.11. The van der Waals surface area contributed by atoms with Crippen molar-refractivity contribution < 1.29 is 18.6 Å². The van der Waals surface area contributed by atoms with Crippen LogP contribution in [0.15, 0.2) is 66.9 Å². The third kappa shape index (κ3) is 3.85. The molecule has 30 heavy (non-hydrogen) atoms. The SMILES string of the molecule is COc1cc2nccc(Oc3ccc(Nc4c(C)cccc4F)cc3)c2cc1OC. The number of halogens is 1. The molecule has 0 spiro atoms. The number of pyridine rings is 1. The number of nitrogens with zero attached hydrogens (tertiary/aromatic N) is 1. The summed E-state index contributed by atoms with van der Waals surface area (Å²) in [7, 11) is 3.17. The first-order valence-corrected chi connectivity index (χ1v) is 9.40. The highest BCUT2D eigenvalue weighted by molar-refractivity contribution is 5.88. The van der Waals surface area contributed by atoms with E-state index in [1.165, 1.54) is 6.07 Å². The number of aromatic nitrogens is 1. The predicted molar refractivity (Wildman–Crippen MR) is 116 cm³/mol. The van der Waals surface area contributed by atoms with E-state index in [-0.39, 0.29) is 5.82 Å². The molecule has 4 rings (SSSR count). The quantitative estimate of drug-likeness (QED) is 0.412. The van der Waals surface area contributed by atoms with Crippen LogP contribution in [-0.4, -0.2) is 19.2 Å². The number of hydrogen-bond acceptors (Lipinski definition) is 5. The second kappa shape index (κ2) is 8.29. The molecule has 0 radical (unpaired) electrons. The number of hydrogen-bond donors (Lipinski definition) is 1. The Bertz CT molecular complexity index is 1170. The van der Waals surface area contributed by atoms with Crippen molar-refractivity contribution in [1.29, 1.82) is 0 Å². The lowest BCUT2D eigenvalue weighted by Crippen LogP contribution is -1.96. The van der Waals surface area contributed by atoms with Crippen molar-refractivity contribution in [2.24, 2.45) is 0 Å². The number of anilines is 2. The molecule has 152 valence electrons. The van der Waals surface area contributed by atoms with Crippen molar-refractivity contribution in [2.45, 2.75) is 6.92 Å². The smallest absolute Gasteiger partial charge is 0.162 e. The van der Waals surface area contributed by atoms with E-state index in [9.17, 15) is 4.39 Å². The van der Waals surface area contributed by atoms with Gasteiger partial charge in [0.1, 0.15) is 17.3 Å². The van der Waals surface area contributed by atoms with E-state index in [4.69, 9.17) is 14.2 Å². The van der Waals surface area contributed by atoms with Gasteiger partial charge in [0, 0.05) is 23.3 Å². The Morgan fingerprint density at radius 2 is 1.60 bits per heavy atom. The molecule has 0 aliphatic heterocycles. The van der Waals surface area contributed by atoms with Gasteiger partial charge in [0.25, 0.3) is 0 Å². The summed E-state index contributed by atoms with van der Waals surface area (Å²) in [6.07, 6.45) is 1.68. The minimum atomic E-state index is -0.289. The molecule has 0 saturated heterocycles. The summed E-state index contributed by atoms with van der Waals surface area (Å²) < 4.78 is 30.9. The number of ether oxygens (including phenoxy) is 3. The number of nitrogens with one attached hydrogen (secondary N) is 1. The molecule has 1 heterocycles. The molecule has 0 saturated carbocycles. The molecule has 0 aliphatic rings. The van der Waals surface area contributed by atoms with E-state index >= 15 is 0 Å². The summed E-state index contributed by atoms with van der Waals surface area (Å²) in [5.74, 6) is 2.21. The molecule has 4 aromatic rings. The summed E-state index contributed by atoms with van der Waals surface area (Å²) in [4.78, 5) is 4.38. The van der Waals surface area contributed by atoms with Crippen LogP contribution in [0.5, 0.6) is 23.0 Å². The molecule has 0 unspecified atom stereocenters. The number of benzene rings is 3. The van der Waals surface area contributed by atoms with Gasteiger partial charge in [-0.3, -0.25) is 4.98 Å². The van der Waals surface area contributed by atoms with Crippen molar-refractivity contribution in [3.63, 3.8) is 0 Å². The fraction of sp³-hybridized carbons (Fsp3) is 0.125. The Labute approximate surface area is 174 Å². The standard InChI is InChI=1S/C24H21FN2O3/c1-15-5-4-6-19(25)24(15)27-16-7-9-17(10-8-16)30-21-11-12-26-20-14-23(29-3)22(28-2)13-18(20)21/h4-14,27H,1-3H3. The molecule has 0 aliphatic carbocycles. The lowest BCUT2D eigenvalue weighted by molar-refractivity contribution is 0.355. The molecule has 0 atom stereocenters. The van der Waals surface area contributed by atoms with Crippen molar-refractivity contribution in [3.05, 3.63) is 78.2 Å². The Balaban J connectivity index is 1.60. The zero-order valence-electron chi connectivity index (χ0n) is 16.9. The Morgan fingerprint density at radius 3 is 2.30 bits per heavy atom. The summed E-state index contributed by atoms with van der Waals surface area (Å²) in [5, 5.41) is 3.92. The summed E-state index contributed by atoms with van der Waals surface area (Å²) in [5.41, 5.74) is 2.80. The molecule has 1 N–H and O–H groups in total. The Hall–Kier alpha value is -3.80. The first-order valence-electron chi connectivity index (χ1n) is 9.40. The van der Waals surface area contributed by atoms with E-state index in [1.54, 1.807) is 32.5 Å². The average molecular weight is 404 g/mol. The lowest BCUT2D eigenvalue weighted by atomic mass is 10.1. The van der Waals surface area contributed by atoms with Crippen LogP contribution in [0.25, 0.3) is 10.9 Å². The summed E-state index contributed by atoms with van der Waals surface area (Å²) in [6, 6.07) is 17.8.